The molecule has 0 unspecified atom stereocenters. The summed E-state index contributed by atoms with van der Waals surface area (Å²) in [5.74, 6) is 0.232. The summed E-state index contributed by atoms with van der Waals surface area (Å²) < 4.78 is 18.2. The van der Waals surface area contributed by atoms with Crippen molar-refractivity contribution in [2.24, 2.45) is 0 Å². The fourth-order valence-corrected chi connectivity index (χ4v) is 2.72. The summed E-state index contributed by atoms with van der Waals surface area (Å²) in [4.78, 5) is 7.24. The first kappa shape index (κ1) is 14.9. The van der Waals surface area contributed by atoms with Gasteiger partial charge in [-0.2, -0.15) is 4.98 Å². The van der Waals surface area contributed by atoms with Crippen molar-refractivity contribution >= 4 is 33.8 Å². The third-order valence-electron chi connectivity index (χ3n) is 2.60. The summed E-state index contributed by atoms with van der Waals surface area (Å²) >= 11 is 7.50. The molecule has 0 aliphatic rings. The highest BCUT2D eigenvalue weighted by Crippen LogP contribution is 2.31. The van der Waals surface area contributed by atoms with E-state index in [1.54, 1.807) is 13.2 Å². The molecule has 1 heterocycles. The molecule has 0 saturated heterocycles. The lowest BCUT2D eigenvalue weighted by atomic mass is 10.3. The number of nitrogens with zero attached hydrogens (tertiary/aromatic N) is 2. The zero-order chi connectivity index (χ0) is 14.7. The van der Waals surface area contributed by atoms with Crippen LogP contribution in [-0.4, -0.2) is 26.2 Å². The van der Waals surface area contributed by atoms with Crippen LogP contribution in [0, 0.1) is 5.82 Å². The minimum absolute atomic E-state index is 0.348. The minimum atomic E-state index is -0.356. The van der Waals surface area contributed by atoms with Crippen LogP contribution in [0.1, 0.15) is 4.88 Å². The summed E-state index contributed by atoms with van der Waals surface area (Å²) in [5.41, 5.74) is 0.676. The topological polar surface area (TPSA) is 37.4 Å². The van der Waals surface area contributed by atoms with Crippen LogP contribution in [0.5, 0.6) is 5.88 Å². The van der Waals surface area contributed by atoms with Crippen molar-refractivity contribution in [3.63, 3.8) is 0 Å². The van der Waals surface area contributed by atoms with E-state index in [0.717, 1.165) is 10.0 Å². The Balaban J connectivity index is 2.14. The molecule has 1 N–H and O–H groups in total. The highest BCUT2D eigenvalue weighted by atomic mass is 35.5. The van der Waals surface area contributed by atoms with Crippen molar-refractivity contribution in [1.29, 1.82) is 0 Å². The Kier molecular flexibility index (Phi) is 4.67. The van der Waals surface area contributed by atoms with Crippen LogP contribution in [0.15, 0.2) is 18.2 Å². The summed E-state index contributed by atoms with van der Waals surface area (Å²) in [6.07, 6.45) is 0. The largest absolute Gasteiger partial charge is 0.480 e. The highest BCUT2D eigenvalue weighted by molar-refractivity contribution is 7.15. The lowest BCUT2D eigenvalue weighted by Gasteiger charge is -2.07. The summed E-state index contributed by atoms with van der Waals surface area (Å²) in [6, 6.07) is 4.25. The van der Waals surface area contributed by atoms with Gasteiger partial charge in [-0.15, -0.1) is 0 Å². The molecule has 7 heteroatoms. The molecule has 2 aromatic rings. The van der Waals surface area contributed by atoms with E-state index in [9.17, 15) is 4.39 Å². The molecule has 20 heavy (non-hydrogen) atoms. The fraction of sp³-hybridized carbons (Fsp3) is 0.308. The molecule has 0 amide bonds. The van der Waals surface area contributed by atoms with E-state index in [1.807, 2.05) is 19.0 Å². The third kappa shape index (κ3) is 3.32. The van der Waals surface area contributed by atoms with Gasteiger partial charge < -0.3 is 15.0 Å². The molecular weight excluding hydrogens is 301 g/mol. The lowest BCUT2D eigenvalue weighted by Crippen LogP contribution is -2.07. The Morgan fingerprint density at radius 2 is 2.20 bits per heavy atom. The summed E-state index contributed by atoms with van der Waals surface area (Å²) in [7, 11) is 5.43. The van der Waals surface area contributed by atoms with Crippen molar-refractivity contribution in [2.75, 3.05) is 31.4 Å². The van der Waals surface area contributed by atoms with E-state index in [4.69, 9.17) is 16.3 Å². The second-order valence-electron chi connectivity index (χ2n) is 4.30. The molecule has 0 radical (unpaired) electrons. The van der Waals surface area contributed by atoms with Gasteiger partial charge in [0.15, 0.2) is 5.13 Å². The Labute approximate surface area is 126 Å². The van der Waals surface area contributed by atoms with Gasteiger partial charge in [-0.25, -0.2) is 4.39 Å². The van der Waals surface area contributed by atoms with E-state index >= 15 is 0 Å². The molecule has 0 aliphatic carbocycles. The average Bonchev–Trinajstić information content (AvgIpc) is 2.81. The molecule has 0 atom stereocenters. The first-order chi connectivity index (χ1) is 9.51. The van der Waals surface area contributed by atoms with Crippen LogP contribution >= 0.6 is 22.9 Å². The van der Waals surface area contributed by atoms with E-state index in [1.165, 1.54) is 23.5 Å². The average molecular weight is 316 g/mol. The van der Waals surface area contributed by atoms with Crippen molar-refractivity contribution < 1.29 is 9.13 Å². The van der Waals surface area contributed by atoms with Crippen LogP contribution in [0.4, 0.5) is 15.2 Å². The van der Waals surface area contributed by atoms with Crippen molar-refractivity contribution in [3.05, 3.63) is 33.9 Å². The van der Waals surface area contributed by atoms with Gasteiger partial charge in [0.2, 0.25) is 5.88 Å². The normalized spacial score (nSPS) is 10.4. The molecule has 1 aromatic heterocycles. The highest BCUT2D eigenvalue weighted by Gasteiger charge is 2.13. The number of benzene rings is 1. The first-order valence-electron chi connectivity index (χ1n) is 5.91. The summed E-state index contributed by atoms with van der Waals surface area (Å²) in [5, 5.41) is 4.37. The zero-order valence-electron chi connectivity index (χ0n) is 11.4. The Morgan fingerprint density at radius 1 is 1.45 bits per heavy atom. The lowest BCUT2D eigenvalue weighted by molar-refractivity contribution is 0.397. The quantitative estimate of drug-likeness (QED) is 0.914. The number of ether oxygens (including phenoxy) is 1. The van der Waals surface area contributed by atoms with Gasteiger partial charge in [0, 0.05) is 14.1 Å². The van der Waals surface area contributed by atoms with Crippen molar-refractivity contribution in [3.8, 4) is 5.88 Å². The molecule has 2 rings (SSSR count). The van der Waals surface area contributed by atoms with Crippen LogP contribution < -0.4 is 15.0 Å². The number of nitrogens with one attached hydrogen (secondary N) is 1. The maximum Gasteiger partial charge on any atom is 0.231 e. The second kappa shape index (κ2) is 6.28. The van der Waals surface area contributed by atoms with E-state index in [-0.39, 0.29) is 5.82 Å². The number of halogens is 2. The van der Waals surface area contributed by atoms with Gasteiger partial charge >= 0.3 is 0 Å². The monoisotopic (exact) mass is 315 g/mol. The van der Waals surface area contributed by atoms with E-state index in [0.29, 0.717) is 23.1 Å². The Morgan fingerprint density at radius 3 is 2.80 bits per heavy atom. The van der Waals surface area contributed by atoms with E-state index in [2.05, 4.69) is 10.3 Å². The van der Waals surface area contributed by atoms with Crippen LogP contribution in [-0.2, 0) is 6.54 Å². The van der Waals surface area contributed by atoms with Gasteiger partial charge in [-0.1, -0.05) is 22.9 Å². The molecule has 1 aromatic carbocycles. The van der Waals surface area contributed by atoms with Crippen LogP contribution in [0.25, 0.3) is 0 Å². The standard InChI is InChI=1S/C13H15ClFN3OS/c1-18(2)13-17-12(19-3)11(20-13)7-16-10-5-4-8(15)6-9(10)14/h4-6,16H,7H2,1-3H3. The Bertz CT molecular complexity index is 603. The maximum absolute atomic E-state index is 13.0. The fourth-order valence-electron chi connectivity index (χ4n) is 1.60. The molecule has 4 nitrogen and oxygen atoms in total. The number of aromatic nitrogens is 1. The molecule has 0 bridgehead atoms. The molecular formula is C13H15ClFN3OS. The Hall–Kier alpha value is -1.53. The molecule has 0 aliphatic heterocycles. The number of rotatable bonds is 5. The number of anilines is 2. The summed E-state index contributed by atoms with van der Waals surface area (Å²) in [6.45, 7) is 0.514. The number of methoxy groups -OCH3 is 1. The first-order valence-corrected chi connectivity index (χ1v) is 7.10. The smallest absolute Gasteiger partial charge is 0.231 e. The van der Waals surface area contributed by atoms with Crippen LogP contribution in [0.3, 0.4) is 0 Å². The zero-order valence-corrected chi connectivity index (χ0v) is 13.0. The molecule has 0 fully saturated rings. The maximum atomic E-state index is 13.0. The van der Waals surface area contributed by atoms with Crippen LogP contribution in [0.2, 0.25) is 5.02 Å². The van der Waals surface area contributed by atoms with Gasteiger partial charge in [0.05, 0.1) is 29.2 Å². The molecule has 0 spiro atoms. The van der Waals surface area contributed by atoms with Gasteiger partial charge in [-0.3, -0.25) is 0 Å². The predicted octanol–water partition coefficient (Wildman–Crippen LogP) is 3.62. The molecule has 0 saturated carbocycles. The number of hydrogen-bond donors (Lipinski definition) is 1. The minimum Gasteiger partial charge on any atom is -0.480 e. The number of hydrogen-bond acceptors (Lipinski definition) is 5. The van der Waals surface area contributed by atoms with Gasteiger partial charge in [0.1, 0.15) is 5.82 Å². The number of thiazole rings is 1. The SMILES string of the molecule is COc1nc(N(C)C)sc1CNc1ccc(F)cc1Cl. The van der Waals surface area contributed by atoms with E-state index < -0.39 is 0 Å². The molecule has 108 valence electrons. The van der Waals surface area contributed by atoms with Gasteiger partial charge in [0.25, 0.3) is 0 Å². The van der Waals surface area contributed by atoms with Crippen molar-refractivity contribution in [1.82, 2.24) is 4.98 Å². The second-order valence-corrected chi connectivity index (χ2v) is 5.77. The van der Waals surface area contributed by atoms with Gasteiger partial charge in [-0.05, 0) is 18.2 Å². The van der Waals surface area contributed by atoms with Crippen molar-refractivity contribution in [2.45, 2.75) is 6.54 Å². The third-order valence-corrected chi connectivity index (χ3v) is 4.11. The predicted molar refractivity (Wildman–Crippen MR) is 81.7 cm³/mol.